The Morgan fingerprint density at radius 3 is 1.79 bits per heavy atom. The molecule has 3 atom stereocenters. The van der Waals surface area contributed by atoms with Crippen LogP contribution < -0.4 is 0 Å². The third kappa shape index (κ3) is 9.52. The summed E-state index contributed by atoms with van der Waals surface area (Å²) in [5.41, 5.74) is 0. The molecular weight excluding hydrogens is 228 g/mol. The average molecular weight is 269 g/mol. The predicted octanol–water partition coefficient (Wildman–Crippen LogP) is 6.94. The molecule has 0 aromatic heterocycles. The van der Waals surface area contributed by atoms with Crippen molar-refractivity contribution in [1.29, 1.82) is 0 Å². The van der Waals surface area contributed by atoms with Gasteiger partial charge >= 0.3 is 0 Å². The van der Waals surface area contributed by atoms with E-state index in [1.807, 2.05) is 0 Å². The SMILES string of the molecule is CCCCC(C)CCCC(C(C)C)C(C)CC(C)C. The summed E-state index contributed by atoms with van der Waals surface area (Å²) in [6.45, 7) is 16.8. The molecule has 0 saturated heterocycles. The Balaban J connectivity index is 4.01. The van der Waals surface area contributed by atoms with Gasteiger partial charge in [-0.3, -0.25) is 0 Å². The Morgan fingerprint density at radius 1 is 0.737 bits per heavy atom. The van der Waals surface area contributed by atoms with Gasteiger partial charge in [0.2, 0.25) is 0 Å². The fourth-order valence-corrected chi connectivity index (χ4v) is 3.59. The molecule has 116 valence electrons. The molecule has 0 spiro atoms. The highest BCUT2D eigenvalue weighted by Crippen LogP contribution is 2.31. The van der Waals surface area contributed by atoms with Gasteiger partial charge in [-0.05, 0) is 42.4 Å². The summed E-state index contributed by atoms with van der Waals surface area (Å²) in [6.07, 6.45) is 9.93. The van der Waals surface area contributed by atoms with Gasteiger partial charge in [0, 0.05) is 0 Å². The van der Waals surface area contributed by atoms with Crippen molar-refractivity contribution in [3.8, 4) is 0 Å². The molecule has 0 heteroatoms. The minimum absolute atomic E-state index is 0.847. The Morgan fingerprint density at radius 2 is 1.32 bits per heavy atom. The molecule has 0 aliphatic carbocycles. The molecule has 3 unspecified atom stereocenters. The van der Waals surface area contributed by atoms with Crippen LogP contribution in [-0.2, 0) is 0 Å². The van der Waals surface area contributed by atoms with Gasteiger partial charge < -0.3 is 0 Å². The van der Waals surface area contributed by atoms with Crippen molar-refractivity contribution in [1.82, 2.24) is 0 Å². The molecule has 0 N–H and O–H groups in total. The molecule has 0 nitrogen and oxygen atoms in total. The molecule has 0 amide bonds. The summed E-state index contributed by atoms with van der Waals surface area (Å²) in [6, 6.07) is 0. The summed E-state index contributed by atoms with van der Waals surface area (Å²) in [4.78, 5) is 0. The largest absolute Gasteiger partial charge is 0.0654 e. The lowest BCUT2D eigenvalue weighted by molar-refractivity contribution is 0.214. The van der Waals surface area contributed by atoms with Crippen molar-refractivity contribution < 1.29 is 0 Å². The van der Waals surface area contributed by atoms with Crippen molar-refractivity contribution in [3.05, 3.63) is 0 Å². The summed E-state index contributed by atoms with van der Waals surface area (Å²) in [7, 11) is 0. The maximum atomic E-state index is 2.48. The van der Waals surface area contributed by atoms with E-state index in [0.717, 1.165) is 29.6 Å². The van der Waals surface area contributed by atoms with Crippen molar-refractivity contribution in [3.63, 3.8) is 0 Å². The monoisotopic (exact) mass is 268 g/mol. The van der Waals surface area contributed by atoms with E-state index in [1.165, 1.54) is 44.9 Å². The lowest BCUT2D eigenvalue weighted by Gasteiger charge is -2.29. The van der Waals surface area contributed by atoms with Crippen molar-refractivity contribution in [2.45, 2.75) is 93.4 Å². The third-order valence-corrected chi connectivity index (χ3v) is 4.72. The topological polar surface area (TPSA) is 0 Å². The van der Waals surface area contributed by atoms with E-state index in [4.69, 9.17) is 0 Å². The molecule has 0 fully saturated rings. The quantitative estimate of drug-likeness (QED) is 0.381. The number of rotatable bonds is 11. The van der Waals surface area contributed by atoms with Gasteiger partial charge in [-0.2, -0.15) is 0 Å². The molecule has 0 aliphatic rings. The first-order chi connectivity index (χ1) is 8.88. The van der Waals surface area contributed by atoms with E-state index in [2.05, 4.69) is 48.5 Å². The minimum atomic E-state index is 0.847. The highest BCUT2D eigenvalue weighted by molar-refractivity contribution is 4.71. The van der Waals surface area contributed by atoms with Crippen LogP contribution in [0.15, 0.2) is 0 Å². The maximum absolute atomic E-state index is 2.48. The second kappa shape index (κ2) is 10.7. The highest BCUT2D eigenvalue weighted by atomic mass is 14.3. The van der Waals surface area contributed by atoms with Crippen LogP contribution in [0.4, 0.5) is 0 Å². The van der Waals surface area contributed by atoms with Gasteiger partial charge in [0.25, 0.3) is 0 Å². The zero-order valence-electron chi connectivity index (χ0n) is 14.8. The fourth-order valence-electron chi connectivity index (χ4n) is 3.59. The lowest BCUT2D eigenvalue weighted by Crippen LogP contribution is -2.19. The summed E-state index contributed by atoms with van der Waals surface area (Å²) in [5.74, 6) is 4.46. The number of hydrogen-bond donors (Lipinski definition) is 0. The van der Waals surface area contributed by atoms with Crippen LogP contribution >= 0.6 is 0 Å². The third-order valence-electron chi connectivity index (χ3n) is 4.72. The molecule has 0 aromatic carbocycles. The predicted molar refractivity (Wildman–Crippen MR) is 89.5 cm³/mol. The molecule has 0 aromatic rings. The van der Waals surface area contributed by atoms with Crippen molar-refractivity contribution in [2.24, 2.45) is 29.6 Å². The molecule has 0 rings (SSSR count). The molecule has 0 radical (unpaired) electrons. The van der Waals surface area contributed by atoms with E-state index >= 15 is 0 Å². The standard InChI is InChI=1S/C19H40/c1-8-9-11-17(6)12-10-13-19(16(4)5)18(7)14-15(2)3/h15-19H,8-14H2,1-7H3. The van der Waals surface area contributed by atoms with Gasteiger partial charge in [-0.15, -0.1) is 0 Å². The zero-order chi connectivity index (χ0) is 14.8. The molecule has 0 heterocycles. The summed E-state index contributed by atoms with van der Waals surface area (Å²) in [5, 5.41) is 0. The van der Waals surface area contributed by atoms with Crippen LogP contribution in [0.25, 0.3) is 0 Å². The summed E-state index contributed by atoms with van der Waals surface area (Å²) < 4.78 is 0. The second-order valence-electron chi connectivity index (χ2n) is 7.69. The van der Waals surface area contributed by atoms with E-state index in [9.17, 15) is 0 Å². The van der Waals surface area contributed by atoms with E-state index in [-0.39, 0.29) is 0 Å². The minimum Gasteiger partial charge on any atom is -0.0654 e. The molecular formula is C19H40. The van der Waals surface area contributed by atoms with Crippen LogP contribution in [0.3, 0.4) is 0 Å². The fraction of sp³-hybridized carbons (Fsp3) is 1.00. The van der Waals surface area contributed by atoms with Gasteiger partial charge in [0.1, 0.15) is 0 Å². The normalized spacial score (nSPS) is 16.9. The Kier molecular flexibility index (Phi) is 10.7. The molecule has 19 heavy (non-hydrogen) atoms. The summed E-state index contributed by atoms with van der Waals surface area (Å²) >= 11 is 0. The van der Waals surface area contributed by atoms with Crippen LogP contribution in [0.2, 0.25) is 0 Å². The highest BCUT2D eigenvalue weighted by Gasteiger charge is 2.21. The van der Waals surface area contributed by atoms with Crippen LogP contribution in [0.5, 0.6) is 0 Å². The van der Waals surface area contributed by atoms with Gasteiger partial charge in [-0.25, -0.2) is 0 Å². The van der Waals surface area contributed by atoms with Crippen molar-refractivity contribution in [2.75, 3.05) is 0 Å². The number of unbranched alkanes of at least 4 members (excludes halogenated alkanes) is 1. The van der Waals surface area contributed by atoms with Gasteiger partial charge in [-0.1, -0.05) is 80.6 Å². The Hall–Kier alpha value is 0. The lowest BCUT2D eigenvalue weighted by atomic mass is 9.77. The van der Waals surface area contributed by atoms with E-state index < -0.39 is 0 Å². The maximum Gasteiger partial charge on any atom is -0.0365 e. The first-order valence-electron chi connectivity index (χ1n) is 8.88. The van der Waals surface area contributed by atoms with Crippen LogP contribution in [0, 0.1) is 29.6 Å². The van der Waals surface area contributed by atoms with Crippen molar-refractivity contribution >= 4 is 0 Å². The second-order valence-corrected chi connectivity index (χ2v) is 7.69. The van der Waals surface area contributed by atoms with E-state index in [0.29, 0.717) is 0 Å². The Bertz CT molecular complexity index is 192. The first-order valence-corrected chi connectivity index (χ1v) is 8.88. The Labute approximate surface area is 123 Å². The van der Waals surface area contributed by atoms with Crippen LogP contribution in [-0.4, -0.2) is 0 Å². The molecule has 0 aliphatic heterocycles. The average Bonchev–Trinajstić information content (AvgIpc) is 2.30. The van der Waals surface area contributed by atoms with Gasteiger partial charge in [0.05, 0.1) is 0 Å². The smallest absolute Gasteiger partial charge is 0.0365 e. The number of hydrogen-bond acceptors (Lipinski definition) is 0. The van der Waals surface area contributed by atoms with Gasteiger partial charge in [0.15, 0.2) is 0 Å². The zero-order valence-corrected chi connectivity index (χ0v) is 14.8. The van der Waals surface area contributed by atoms with E-state index in [1.54, 1.807) is 0 Å². The molecule has 0 saturated carbocycles. The first kappa shape index (κ1) is 19.0. The van der Waals surface area contributed by atoms with Crippen LogP contribution in [0.1, 0.15) is 93.4 Å². The molecule has 0 bridgehead atoms.